The van der Waals surface area contributed by atoms with Crippen LogP contribution in [-0.2, 0) is 0 Å². The summed E-state index contributed by atoms with van der Waals surface area (Å²) in [6.45, 7) is 4.75. The van der Waals surface area contributed by atoms with Crippen LogP contribution in [0, 0.1) is 0 Å². The van der Waals surface area contributed by atoms with Gasteiger partial charge in [-0.2, -0.15) is 0 Å². The molecule has 0 aliphatic rings. The quantitative estimate of drug-likeness (QED) is 0.332. The van der Waals surface area contributed by atoms with Crippen molar-refractivity contribution in [2.24, 2.45) is 0 Å². The first-order chi connectivity index (χ1) is 4.92. The largest absolute Gasteiger partial charge is 0.492 e. The van der Waals surface area contributed by atoms with Gasteiger partial charge >= 0.3 is 8.80 Å². The van der Waals surface area contributed by atoms with Crippen molar-refractivity contribution in [3.8, 4) is 0 Å². The summed E-state index contributed by atoms with van der Waals surface area (Å²) in [5.74, 6) is 0. The van der Waals surface area contributed by atoms with Crippen molar-refractivity contribution < 1.29 is 14.4 Å². The zero-order chi connectivity index (χ0) is 8.91. The molecule has 5 heteroatoms. The highest BCUT2D eigenvalue weighted by atomic mass is 28.4. The Morgan fingerprint density at radius 2 is 1.82 bits per heavy atom. The number of hydrogen-bond acceptors (Lipinski definition) is 4. The molecule has 0 unspecified atom stereocenters. The number of nitrogens with one attached hydrogen (secondary N) is 1. The van der Waals surface area contributed by atoms with Crippen LogP contribution in [0.4, 0.5) is 0 Å². The van der Waals surface area contributed by atoms with E-state index in [9.17, 15) is 0 Å². The Hall–Kier alpha value is 0.0569. The fourth-order valence-corrected chi connectivity index (χ4v) is 1.37. The molecule has 0 aliphatic heterocycles. The van der Waals surface area contributed by atoms with Crippen LogP contribution >= 0.6 is 0 Å². The predicted molar refractivity (Wildman–Crippen MR) is 45.0 cm³/mol. The van der Waals surface area contributed by atoms with E-state index in [2.05, 4.69) is 5.32 Å². The van der Waals surface area contributed by atoms with Crippen molar-refractivity contribution in [1.82, 2.24) is 5.32 Å². The van der Waals surface area contributed by atoms with Crippen molar-refractivity contribution in [3.63, 3.8) is 0 Å². The van der Waals surface area contributed by atoms with Gasteiger partial charge in [-0.15, -0.1) is 0 Å². The third kappa shape index (κ3) is 10.1. The molecule has 0 saturated carbocycles. The molecule has 0 rings (SSSR count). The summed E-state index contributed by atoms with van der Waals surface area (Å²) >= 11 is 0. The Morgan fingerprint density at radius 3 is 2.18 bits per heavy atom. The van der Waals surface area contributed by atoms with E-state index in [1.54, 1.807) is 0 Å². The molecule has 4 N–H and O–H groups in total. The third-order valence-corrected chi connectivity index (χ3v) is 2.27. The lowest BCUT2D eigenvalue weighted by Gasteiger charge is -2.10. The summed E-state index contributed by atoms with van der Waals surface area (Å²) in [6.07, 6.45) is 0.605. The second-order valence-electron chi connectivity index (χ2n) is 2.99. The summed E-state index contributed by atoms with van der Waals surface area (Å²) in [4.78, 5) is 25.8. The summed E-state index contributed by atoms with van der Waals surface area (Å²) in [7, 11) is -3.77. The SMILES string of the molecule is CC(C)NCCC[Si](O)(O)O. The van der Waals surface area contributed by atoms with Gasteiger partial charge in [-0.25, -0.2) is 0 Å². The van der Waals surface area contributed by atoms with Crippen LogP contribution in [0.1, 0.15) is 20.3 Å². The average molecular weight is 179 g/mol. The van der Waals surface area contributed by atoms with Crippen LogP contribution in [0.2, 0.25) is 6.04 Å². The lowest BCUT2D eigenvalue weighted by molar-refractivity contribution is 0.226. The zero-order valence-electron chi connectivity index (χ0n) is 7.04. The van der Waals surface area contributed by atoms with E-state index in [4.69, 9.17) is 14.4 Å². The molecule has 0 aromatic carbocycles. The molecule has 0 aliphatic carbocycles. The Bertz CT molecular complexity index is 102. The minimum atomic E-state index is -3.77. The van der Waals surface area contributed by atoms with Gasteiger partial charge in [0.15, 0.2) is 0 Å². The van der Waals surface area contributed by atoms with E-state index >= 15 is 0 Å². The van der Waals surface area contributed by atoms with Crippen LogP contribution in [0.25, 0.3) is 0 Å². The second kappa shape index (κ2) is 4.84. The van der Waals surface area contributed by atoms with Gasteiger partial charge < -0.3 is 19.7 Å². The molecule has 0 bridgehead atoms. The van der Waals surface area contributed by atoms with E-state index in [-0.39, 0.29) is 6.04 Å². The third-order valence-electron chi connectivity index (χ3n) is 1.24. The highest BCUT2D eigenvalue weighted by Gasteiger charge is 2.25. The summed E-state index contributed by atoms with van der Waals surface area (Å²) in [6, 6.07) is 0.523. The average Bonchev–Trinajstić information content (AvgIpc) is 1.78. The first kappa shape index (κ1) is 11.1. The van der Waals surface area contributed by atoms with Gasteiger partial charge in [-0.05, 0) is 13.0 Å². The maximum absolute atomic E-state index is 8.61. The van der Waals surface area contributed by atoms with E-state index in [0.29, 0.717) is 19.0 Å². The monoisotopic (exact) mass is 179 g/mol. The molecule has 0 saturated heterocycles. The van der Waals surface area contributed by atoms with Gasteiger partial charge in [0.05, 0.1) is 0 Å². The fraction of sp³-hybridized carbons (Fsp3) is 1.00. The molecule has 4 nitrogen and oxygen atoms in total. The molecule has 0 aromatic heterocycles. The first-order valence-corrected chi connectivity index (χ1v) is 5.87. The van der Waals surface area contributed by atoms with Crippen LogP contribution in [0.3, 0.4) is 0 Å². The molecular weight excluding hydrogens is 162 g/mol. The van der Waals surface area contributed by atoms with Crippen LogP contribution < -0.4 is 5.32 Å². The minimum absolute atomic E-state index is 0.118. The van der Waals surface area contributed by atoms with Gasteiger partial charge in [-0.1, -0.05) is 13.8 Å². The van der Waals surface area contributed by atoms with E-state index in [1.807, 2.05) is 13.8 Å². The smallest absolute Gasteiger partial charge is 0.390 e. The van der Waals surface area contributed by atoms with Crippen molar-refractivity contribution in [2.75, 3.05) is 6.54 Å². The first-order valence-electron chi connectivity index (χ1n) is 3.82. The van der Waals surface area contributed by atoms with E-state index < -0.39 is 8.80 Å². The van der Waals surface area contributed by atoms with Crippen molar-refractivity contribution in [1.29, 1.82) is 0 Å². The second-order valence-corrected chi connectivity index (χ2v) is 5.04. The van der Waals surface area contributed by atoms with Crippen LogP contribution in [0.5, 0.6) is 0 Å². The summed E-state index contributed by atoms with van der Waals surface area (Å²) in [5.41, 5.74) is 0. The van der Waals surface area contributed by atoms with Gasteiger partial charge in [0, 0.05) is 12.1 Å². The molecule has 0 aromatic rings. The molecule has 0 spiro atoms. The lowest BCUT2D eigenvalue weighted by atomic mass is 10.4. The van der Waals surface area contributed by atoms with E-state index in [1.165, 1.54) is 0 Å². The van der Waals surface area contributed by atoms with Gasteiger partial charge in [0.1, 0.15) is 0 Å². The highest BCUT2D eigenvalue weighted by molar-refractivity contribution is 6.56. The Labute approximate surface area is 68.2 Å². The molecule has 0 fully saturated rings. The maximum atomic E-state index is 8.61. The van der Waals surface area contributed by atoms with Crippen molar-refractivity contribution >= 4 is 8.80 Å². The summed E-state index contributed by atoms with van der Waals surface area (Å²) < 4.78 is 0. The molecule has 0 atom stereocenters. The maximum Gasteiger partial charge on any atom is 0.492 e. The topological polar surface area (TPSA) is 72.7 Å². The zero-order valence-corrected chi connectivity index (χ0v) is 8.04. The van der Waals surface area contributed by atoms with Crippen molar-refractivity contribution in [2.45, 2.75) is 32.4 Å². The highest BCUT2D eigenvalue weighted by Crippen LogP contribution is 1.99. The van der Waals surface area contributed by atoms with Crippen LogP contribution in [0.15, 0.2) is 0 Å². The van der Waals surface area contributed by atoms with Crippen molar-refractivity contribution in [3.05, 3.63) is 0 Å². The number of rotatable bonds is 5. The standard InChI is InChI=1S/C6H17NO3Si/c1-6(2)7-4-3-5-11(8,9)10/h6-10H,3-5H2,1-2H3. The normalized spacial score (nSPS) is 12.5. The molecule has 0 heterocycles. The molecule has 68 valence electrons. The Kier molecular flexibility index (Phi) is 4.86. The van der Waals surface area contributed by atoms with Crippen LogP contribution in [-0.4, -0.2) is 35.8 Å². The Morgan fingerprint density at radius 1 is 1.27 bits per heavy atom. The van der Waals surface area contributed by atoms with Gasteiger partial charge in [0.2, 0.25) is 0 Å². The Balaban J connectivity index is 3.15. The molecule has 11 heavy (non-hydrogen) atoms. The predicted octanol–water partition coefficient (Wildman–Crippen LogP) is -0.710. The van der Waals surface area contributed by atoms with Gasteiger partial charge in [0.25, 0.3) is 0 Å². The van der Waals surface area contributed by atoms with Gasteiger partial charge in [-0.3, -0.25) is 0 Å². The molecule has 0 amide bonds. The summed E-state index contributed by atoms with van der Waals surface area (Å²) in [5, 5.41) is 3.11. The lowest BCUT2D eigenvalue weighted by Crippen LogP contribution is -2.35. The van der Waals surface area contributed by atoms with E-state index in [0.717, 1.165) is 0 Å². The molecule has 0 radical (unpaired) electrons. The number of hydrogen-bond donors (Lipinski definition) is 4. The fourth-order valence-electron chi connectivity index (χ4n) is 0.716. The molecular formula is C6H17NO3Si. The minimum Gasteiger partial charge on any atom is -0.390 e.